The van der Waals surface area contributed by atoms with Gasteiger partial charge in [-0.05, 0) is 30.3 Å². The van der Waals surface area contributed by atoms with Gasteiger partial charge in [0.05, 0.1) is 0 Å². The average molecular weight is 315 g/mol. The lowest BCUT2D eigenvalue weighted by molar-refractivity contribution is -0.118. The predicted molar refractivity (Wildman–Crippen MR) is 95.2 cm³/mol. The van der Waals surface area contributed by atoms with E-state index in [4.69, 9.17) is 4.43 Å². The molecule has 0 radical (unpaired) electrons. The fourth-order valence-electron chi connectivity index (χ4n) is 1.74. The molecular formula is C19H26O2Si. The van der Waals surface area contributed by atoms with E-state index < -0.39 is 13.9 Å². The van der Waals surface area contributed by atoms with Gasteiger partial charge in [0.1, 0.15) is 0 Å². The molecule has 0 aliphatic carbocycles. The maximum atomic E-state index is 11.8. The van der Waals surface area contributed by atoms with E-state index in [-0.39, 0.29) is 5.04 Å². The van der Waals surface area contributed by atoms with E-state index >= 15 is 0 Å². The molecule has 0 unspecified atom stereocenters. The third-order valence-corrected chi connectivity index (χ3v) is 8.56. The Morgan fingerprint density at radius 2 is 1.82 bits per heavy atom. The Labute approximate surface area is 135 Å². The highest BCUT2D eigenvalue weighted by Gasteiger charge is 2.44. The van der Waals surface area contributed by atoms with Crippen molar-refractivity contribution >= 4 is 14.6 Å². The molecule has 0 heterocycles. The number of carbonyl (C=O) groups excluding carboxylic acids is 1. The maximum Gasteiger partial charge on any atom is 0.194 e. The van der Waals surface area contributed by atoms with E-state index in [0.29, 0.717) is 6.42 Å². The smallest absolute Gasteiger partial charge is 0.194 e. The third-order valence-electron chi connectivity index (χ3n) is 4.07. The largest absolute Gasteiger partial charge is 0.395 e. The fourth-order valence-corrected chi connectivity index (χ4v) is 3.14. The molecule has 0 amide bonds. The Kier molecular flexibility index (Phi) is 5.93. The van der Waals surface area contributed by atoms with Crippen LogP contribution in [0.15, 0.2) is 43.0 Å². The predicted octanol–water partition coefficient (Wildman–Crippen LogP) is 4.57. The van der Waals surface area contributed by atoms with Crippen molar-refractivity contribution in [2.75, 3.05) is 0 Å². The minimum Gasteiger partial charge on any atom is -0.395 e. The Hall–Kier alpha value is -1.63. The van der Waals surface area contributed by atoms with Gasteiger partial charge in [0, 0.05) is 12.0 Å². The van der Waals surface area contributed by atoms with Crippen LogP contribution in [0, 0.1) is 11.8 Å². The van der Waals surface area contributed by atoms with E-state index in [2.05, 4.69) is 52.3 Å². The lowest BCUT2D eigenvalue weighted by Gasteiger charge is -2.41. The molecule has 1 aromatic rings. The number of hydrogen-bond donors (Lipinski definition) is 0. The minimum atomic E-state index is -2.12. The van der Waals surface area contributed by atoms with Crippen LogP contribution in [0.1, 0.15) is 32.8 Å². The van der Waals surface area contributed by atoms with Gasteiger partial charge in [0.25, 0.3) is 0 Å². The zero-order chi connectivity index (χ0) is 16.9. The van der Waals surface area contributed by atoms with Crippen LogP contribution >= 0.6 is 0 Å². The third kappa shape index (κ3) is 4.69. The molecule has 0 saturated heterocycles. The van der Waals surface area contributed by atoms with Gasteiger partial charge in [-0.15, -0.1) is 6.58 Å². The van der Waals surface area contributed by atoms with E-state index in [1.807, 2.05) is 30.3 Å². The molecule has 2 nitrogen and oxygen atoms in total. The first kappa shape index (κ1) is 18.4. The first-order valence-corrected chi connectivity index (χ1v) is 10.4. The highest BCUT2D eigenvalue weighted by Crippen LogP contribution is 2.39. The van der Waals surface area contributed by atoms with Crippen molar-refractivity contribution in [3.05, 3.63) is 48.6 Å². The summed E-state index contributed by atoms with van der Waals surface area (Å²) < 4.78 is 6.33. The first-order valence-electron chi connectivity index (χ1n) is 7.51. The van der Waals surface area contributed by atoms with Gasteiger partial charge < -0.3 is 4.43 Å². The molecule has 1 atom stereocenters. The maximum absolute atomic E-state index is 11.8. The number of aldehydes is 1. The quantitative estimate of drug-likeness (QED) is 0.344. The number of benzene rings is 1. The van der Waals surface area contributed by atoms with Crippen LogP contribution in [0.25, 0.3) is 0 Å². The monoisotopic (exact) mass is 314 g/mol. The molecule has 0 aliphatic heterocycles. The zero-order valence-corrected chi connectivity index (χ0v) is 15.3. The summed E-state index contributed by atoms with van der Waals surface area (Å²) in [5.74, 6) is 6.12. The molecule has 0 N–H and O–H groups in total. The van der Waals surface area contributed by atoms with Crippen molar-refractivity contribution < 1.29 is 9.22 Å². The van der Waals surface area contributed by atoms with Gasteiger partial charge in [-0.3, -0.25) is 4.79 Å². The number of carbonyl (C=O) groups is 1. The van der Waals surface area contributed by atoms with Gasteiger partial charge in [-0.1, -0.05) is 56.9 Å². The lowest BCUT2D eigenvalue weighted by atomic mass is 10.0. The van der Waals surface area contributed by atoms with Crippen LogP contribution in [0.3, 0.4) is 0 Å². The van der Waals surface area contributed by atoms with Crippen molar-refractivity contribution in [2.45, 2.75) is 50.9 Å². The van der Waals surface area contributed by atoms with Crippen LogP contribution in [-0.4, -0.2) is 20.2 Å². The summed E-state index contributed by atoms with van der Waals surface area (Å²) in [7, 11) is -2.12. The van der Waals surface area contributed by atoms with E-state index in [0.717, 1.165) is 11.8 Å². The minimum absolute atomic E-state index is 0.0108. The molecule has 1 aromatic carbocycles. The van der Waals surface area contributed by atoms with Crippen molar-refractivity contribution in [1.82, 2.24) is 0 Å². The van der Waals surface area contributed by atoms with Gasteiger partial charge in [-0.25, -0.2) is 0 Å². The van der Waals surface area contributed by atoms with Gasteiger partial charge >= 0.3 is 0 Å². The summed E-state index contributed by atoms with van der Waals surface area (Å²) in [6, 6.07) is 9.63. The zero-order valence-electron chi connectivity index (χ0n) is 14.3. The summed E-state index contributed by atoms with van der Waals surface area (Å²) in [6.07, 6.45) is 2.91. The standard InChI is InChI=1S/C19H26O2Si/c1-7-14-19(16-20,21-22(5,6)18(2,3)4)15-13-17-11-9-8-10-12-17/h7-12,16H,1,14H2,2-6H3/t19-/m0/s1. The Balaban J connectivity index is 3.19. The average Bonchev–Trinajstić information content (AvgIpc) is 2.44. The molecule has 22 heavy (non-hydrogen) atoms. The number of hydrogen-bond acceptors (Lipinski definition) is 2. The lowest BCUT2D eigenvalue weighted by Crippen LogP contribution is -2.50. The molecular weight excluding hydrogens is 288 g/mol. The van der Waals surface area contributed by atoms with Crippen LogP contribution in [0.5, 0.6) is 0 Å². The van der Waals surface area contributed by atoms with E-state index in [9.17, 15) is 4.79 Å². The highest BCUT2D eigenvalue weighted by atomic mass is 28.4. The molecule has 0 bridgehead atoms. The molecule has 0 aliphatic rings. The van der Waals surface area contributed by atoms with Gasteiger partial charge in [0.15, 0.2) is 20.2 Å². The molecule has 0 spiro atoms. The molecule has 118 valence electrons. The van der Waals surface area contributed by atoms with Gasteiger partial charge in [-0.2, -0.15) is 0 Å². The van der Waals surface area contributed by atoms with Crippen LogP contribution in [0.2, 0.25) is 18.1 Å². The number of rotatable bonds is 5. The normalized spacial score (nSPS) is 14.4. The van der Waals surface area contributed by atoms with Crippen LogP contribution in [-0.2, 0) is 9.22 Å². The van der Waals surface area contributed by atoms with Crippen molar-refractivity contribution in [1.29, 1.82) is 0 Å². The second kappa shape index (κ2) is 7.08. The second-order valence-electron chi connectivity index (χ2n) is 6.98. The Bertz CT molecular complexity index is 573. The molecule has 1 rings (SSSR count). The Morgan fingerprint density at radius 1 is 1.23 bits per heavy atom. The molecule has 0 fully saturated rings. The first-order chi connectivity index (χ1) is 10.2. The van der Waals surface area contributed by atoms with Crippen molar-refractivity contribution in [3.8, 4) is 11.8 Å². The van der Waals surface area contributed by atoms with E-state index in [1.54, 1.807) is 6.08 Å². The topological polar surface area (TPSA) is 26.3 Å². The summed E-state index contributed by atoms with van der Waals surface area (Å²) in [5, 5.41) is 0.0108. The van der Waals surface area contributed by atoms with Crippen LogP contribution < -0.4 is 0 Å². The molecule has 0 saturated carbocycles. The SMILES string of the molecule is C=CC[C@](C#Cc1ccccc1)(C=O)O[Si](C)(C)C(C)(C)C. The summed E-state index contributed by atoms with van der Waals surface area (Å²) in [4.78, 5) is 11.8. The second-order valence-corrected chi connectivity index (χ2v) is 11.7. The Morgan fingerprint density at radius 3 is 2.27 bits per heavy atom. The van der Waals surface area contributed by atoms with Crippen molar-refractivity contribution in [3.63, 3.8) is 0 Å². The van der Waals surface area contributed by atoms with Crippen molar-refractivity contribution in [2.24, 2.45) is 0 Å². The highest BCUT2D eigenvalue weighted by molar-refractivity contribution is 6.74. The molecule has 0 aromatic heterocycles. The summed E-state index contributed by atoms with van der Waals surface area (Å²) in [6.45, 7) is 14.4. The van der Waals surface area contributed by atoms with Gasteiger partial charge in [0.2, 0.25) is 0 Å². The van der Waals surface area contributed by atoms with E-state index in [1.165, 1.54) is 0 Å². The van der Waals surface area contributed by atoms with Crippen LogP contribution in [0.4, 0.5) is 0 Å². The molecule has 3 heteroatoms. The summed E-state index contributed by atoms with van der Waals surface area (Å²) >= 11 is 0. The summed E-state index contributed by atoms with van der Waals surface area (Å²) in [5.41, 5.74) is -0.239. The fraction of sp³-hybridized carbons (Fsp3) is 0.421.